The molecule has 2 atom stereocenters. The van der Waals surface area contributed by atoms with E-state index in [1.807, 2.05) is 0 Å². The number of halogens is 1. The molecule has 2 N–H and O–H groups in total. The minimum atomic E-state index is 0.125. The summed E-state index contributed by atoms with van der Waals surface area (Å²) in [7, 11) is 0. The smallest absolute Gasteiger partial charge is 0.0512 e. The van der Waals surface area contributed by atoms with Crippen molar-refractivity contribution >= 4 is 22.6 Å². The van der Waals surface area contributed by atoms with Crippen LogP contribution in [0.15, 0.2) is 24.3 Å². The minimum absolute atomic E-state index is 0.125. The highest BCUT2D eigenvalue weighted by atomic mass is 127. The molecule has 0 aromatic heterocycles. The van der Waals surface area contributed by atoms with Crippen LogP contribution in [-0.4, -0.2) is 13.2 Å². The van der Waals surface area contributed by atoms with Crippen molar-refractivity contribution in [3.63, 3.8) is 0 Å². The van der Waals surface area contributed by atoms with Crippen LogP contribution < -0.4 is 5.73 Å². The Kier molecular flexibility index (Phi) is 3.99. The van der Waals surface area contributed by atoms with Gasteiger partial charge in [-0.2, -0.15) is 0 Å². The van der Waals surface area contributed by atoms with Crippen molar-refractivity contribution in [2.24, 2.45) is 11.7 Å². The Morgan fingerprint density at radius 2 is 2.33 bits per heavy atom. The maximum Gasteiger partial charge on any atom is 0.0512 e. The number of hydrogen-bond donors (Lipinski definition) is 1. The van der Waals surface area contributed by atoms with Gasteiger partial charge in [-0.1, -0.05) is 12.1 Å². The molecule has 0 radical (unpaired) electrons. The van der Waals surface area contributed by atoms with Gasteiger partial charge >= 0.3 is 0 Å². The molecule has 82 valence electrons. The maximum atomic E-state index is 6.26. The zero-order chi connectivity index (χ0) is 10.7. The largest absolute Gasteiger partial charge is 0.381 e. The number of nitrogens with two attached hydrogens (primary N) is 1. The first kappa shape index (κ1) is 11.4. The zero-order valence-corrected chi connectivity index (χ0v) is 10.8. The highest BCUT2D eigenvalue weighted by Crippen LogP contribution is 2.27. The van der Waals surface area contributed by atoms with E-state index < -0.39 is 0 Å². The van der Waals surface area contributed by atoms with Crippen LogP contribution in [0.4, 0.5) is 0 Å². The van der Waals surface area contributed by atoms with Gasteiger partial charge in [-0.3, -0.25) is 0 Å². The van der Waals surface area contributed by atoms with Crippen LogP contribution in [0.3, 0.4) is 0 Å². The Morgan fingerprint density at radius 1 is 1.47 bits per heavy atom. The summed E-state index contributed by atoms with van der Waals surface area (Å²) in [4.78, 5) is 0. The average molecular weight is 317 g/mol. The quantitative estimate of drug-likeness (QED) is 0.851. The molecule has 3 heteroatoms. The molecule has 0 saturated carbocycles. The third kappa shape index (κ3) is 2.92. The molecule has 1 aliphatic rings. The normalized spacial score (nSPS) is 23.7. The van der Waals surface area contributed by atoms with Gasteiger partial charge in [-0.15, -0.1) is 0 Å². The lowest BCUT2D eigenvalue weighted by Gasteiger charge is -2.27. The molecule has 0 spiro atoms. The van der Waals surface area contributed by atoms with Crippen LogP contribution in [0.1, 0.15) is 24.4 Å². The van der Waals surface area contributed by atoms with E-state index in [1.54, 1.807) is 0 Å². The lowest BCUT2D eigenvalue weighted by molar-refractivity contribution is 0.0447. The summed E-state index contributed by atoms with van der Waals surface area (Å²) < 4.78 is 6.72. The van der Waals surface area contributed by atoms with Crippen LogP contribution in [-0.2, 0) is 4.74 Å². The summed E-state index contributed by atoms with van der Waals surface area (Å²) in [6.45, 7) is 1.71. The summed E-state index contributed by atoms with van der Waals surface area (Å²) in [5, 5.41) is 0. The molecule has 2 unspecified atom stereocenters. The summed E-state index contributed by atoms with van der Waals surface area (Å²) in [6.07, 6.45) is 2.33. The van der Waals surface area contributed by atoms with Crippen LogP contribution in [0.2, 0.25) is 0 Å². The Balaban J connectivity index is 2.08. The van der Waals surface area contributed by atoms with E-state index in [0.717, 1.165) is 19.6 Å². The molecule has 1 aromatic rings. The molecule has 1 aliphatic heterocycles. The fourth-order valence-corrected chi connectivity index (χ4v) is 2.60. The number of hydrogen-bond acceptors (Lipinski definition) is 2. The van der Waals surface area contributed by atoms with E-state index in [9.17, 15) is 0 Å². The van der Waals surface area contributed by atoms with Crippen LogP contribution in [0, 0.1) is 9.49 Å². The predicted octanol–water partition coefficient (Wildman–Crippen LogP) is 2.72. The van der Waals surface area contributed by atoms with Gasteiger partial charge in [0.05, 0.1) is 6.61 Å². The second-order valence-corrected chi connectivity index (χ2v) is 5.30. The van der Waals surface area contributed by atoms with Crippen molar-refractivity contribution in [1.29, 1.82) is 0 Å². The lowest BCUT2D eigenvalue weighted by atomic mass is 9.89. The topological polar surface area (TPSA) is 35.2 Å². The van der Waals surface area contributed by atoms with Crippen LogP contribution in [0.25, 0.3) is 0 Å². The van der Waals surface area contributed by atoms with Gasteiger partial charge < -0.3 is 10.5 Å². The Morgan fingerprint density at radius 3 is 3.00 bits per heavy atom. The molecule has 2 nitrogen and oxygen atoms in total. The molecule has 2 rings (SSSR count). The monoisotopic (exact) mass is 317 g/mol. The van der Waals surface area contributed by atoms with Gasteiger partial charge in [0.1, 0.15) is 0 Å². The van der Waals surface area contributed by atoms with Crippen LogP contribution in [0.5, 0.6) is 0 Å². The first-order valence-corrected chi connectivity index (χ1v) is 6.44. The maximum absolute atomic E-state index is 6.26. The van der Waals surface area contributed by atoms with Crippen molar-refractivity contribution in [2.75, 3.05) is 13.2 Å². The summed E-state index contributed by atoms with van der Waals surface area (Å²) in [5.74, 6) is 0.483. The van der Waals surface area contributed by atoms with E-state index in [4.69, 9.17) is 10.5 Å². The van der Waals surface area contributed by atoms with Crippen molar-refractivity contribution in [3.8, 4) is 0 Å². The van der Waals surface area contributed by atoms with E-state index in [1.165, 1.54) is 15.6 Å². The second-order valence-electron chi connectivity index (χ2n) is 4.06. The first-order chi connectivity index (χ1) is 7.27. The van der Waals surface area contributed by atoms with E-state index in [-0.39, 0.29) is 6.04 Å². The van der Waals surface area contributed by atoms with E-state index in [2.05, 4.69) is 46.9 Å². The molecule has 1 saturated heterocycles. The summed E-state index contributed by atoms with van der Waals surface area (Å²) in [6, 6.07) is 8.57. The van der Waals surface area contributed by atoms with Gasteiger partial charge in [0.15, 0.2) is 0 Å². The van der Waals surface area contributed by atoms with Gasteiger partial charge in [-0.05, 0) is 53.1 Å². The molecular formula is C12H16INO. The van der Waals surface area contributed by atoms with Crippen molar-refractivity contribution < 1.29 is 4.74 Å². The molecule has 1 heterocycles. The zero-order valence-electron chi connectivity index (χ0n) is 8.66. The number of ether oxygens (including phenoxy) is 1. The standard InChI is InChI=1S/C12H16INO/c13-11-5-1-3-9(7-11)12(14)10-4-2-6-15-8-10/h1,3,5,7,10,12H,2,4,6,8,14H2. The summed E-state index contributed by atoms with van der Waals surface area (Å²) in [5.41, 5.74) is 7.49. The van der Waals surface area contributed by atoms with Crippen molar-refractivity contribution in [2.45, 2.75) is 18.9 Å². The first-order valence-electron chi connectivity index (χ1n) is 5.36. The van der Waals surface area contributed by atoms with Crippen molar-refractivity contribution in [1.82, 2.24) is 0 Å². The fraction of sp³-hybridized carbons (Fsp3) is 0.500. The molecule has 0 bridgehead atoms. The minimum Gasteiger partial charge on any atom is -0.381 e. The Hall–Kier alpha value is -0.130. The molecule has 15 heavy (non-hydrogen) atoms. The third-order valence-electron chi connectivity index (χ3n) is 2.94. The highest BCUT2D eigenvalue weighted by molar-refractivity contribution is 14.1. The fourth-order valence-electron chi connectivity index (χ4n) is 2.03. The number of rotatable bonds is 2. The Bertz CT molecular complexity index is 323. The van der Waals surface area contributed by atoms with Crippen molar-refractivity contribution in [3.05, 3.63) is 33.4 Å². The van der Waals surface area contributed by atoms with E-state index in [0.29, 0.717) is 5.92 Å². The SMILES string of the molecule is NC(c1cccc(I)c1)C1CCCOC1. The van der Waals surface area contributed by atoms with Gasteiger partial charge in [0, 0.05) is 22.1 Å². The summed E-state index contributed by atoms with van der Waals surface area (Å²) >= 11 is 2.32. The Labute approximate surface area is 104 Å². The van der Waals surface area contributed by atoms with Gasteiger partial charge in [0.2, 0.25) is 0 Å². The van der Waals surface area contributed by atoms with Gasteiger partial charge in [-0.25, -0.2) is 0 Å². The highest BCUT2D eigenvalue weighted by Gasteiger charge is 2.22. The molecule has 1 fully saturated rings. The molecular weight excluding hydrogens is 301 g/mol. The van der Waals surface area contributed by atoms with Crippen LogP contribution >= 0.6 is 22.6 Å². The second kappa shape index (κ2) is 5.27. The third-order valence-corrected chi connectivity index (χ3v) is 3.61. The molecule has 0 aliphatic carbocycles. The molecule has 1 aromatic carbocycles. The average Bonchev–Trinajstić information content (AvgIpc) is 2.29. The van der Waals surface area contributed by atoms with E-state index >= 15 is 0 Å². The van der Waals surface area contributed by atoms with Gasteiger partial charge in [0.25, 0.3) is 0 Å². The molecule has 0 amide bonds. The number of benzene rings is 1. The lowest BCUT2D eigenvalue weighted by Crippen LogP contribution is -2.29. The predicted molar refractivity (Wildman–Crippen MR) is 69.6 cm³/mol.